The SMILES string of the molecule is N#CCC(=O)N[C@H]1CC[C@H](CCN2CC=C(c3ccc(F)cc3)CC2)CC1. The van der Waals surface area contributed by atoms with Gasteiger partial charge >= 0.3 is 0 Å². The maximum absolute atomic E-state index is 13.1. The fourth-order valence-corrected chi connectivity index (χ4v) is 4.15. The zero-order chi connectivity index (χ0) is 19.1. The molecule has 0 bridgehead atoms. The number of rotatable bonds is 6. The smallest absolute Gasteiger partial charge is 0.234 e. The molecule has 1 saturated carbocycles. The summed E-state index contributed by atoms with van der Waals surface area (Å²) in [5.41, 5.74) is 2.45. The van der Waals surface area contributed by atoms with Crippen molar-refractivity contribution >= 4 is 11.5 Å². The molecule has 1 amide bonds. The highest BCUT2D eigenvalue weighted by Gasteiger charge is 2.23. The van der Waals surface area contributed by atoms with Crippen LogP contribution in [0.25, 0.3) is 5.57 Å². The van der Waals surface area contributed by atoms with E-state index in [0.29, 0.717) is 0 Å². The van der Waals surface area contributed by atoms with E-state index in [1.54, 1.807) is 0 Å². The second-order valence-corrected chi connectivity index (χ2v) is 7.70. The Morgan fingerprint density at radius 2 is 1.96 bits per heavy atom. The van der Waals surface area contributed by atoms with Gasteiger partial charge in [-0.15, -0.1) is 0 Å². The number of hydrogen-bond donors (Lipinski definition) is 1. The molecule has 1 aromatic rings. The maximum Gasteiger partial charge on any atom is 0.234 e. The van der Waals surface area contributed by atoms with E-state index < -0.39 is 0 Å². The number of nitrogens with zero attached hydrogens (tertiary/aromatic N) is 2. The van der Waals surface area contributed by atoms with E-state index in [4.69, 9.17) is 5.26 Å². The molecule has 1 aliphatic carbocycles. The largest absolute Gasteiger partial charge is 0.352 e. The van der Waals surface area contributed by atoms with Crippen LogP contribution >= 0.6 is 0 Å². The van der Waals surface area contributed by atoms with E-state index in [9.17, 15) is 9.18 Å². The fraction of sp³-hybridized carbons (Fsp3) is 0.545. The number of hydrogen-bond acceptors (Lipinski definition) is 3. The van der Waals surface area contributed by atoms with Crippen molar-refractivity contribution in [2.24, 2.45) is 5.92 Å². The molecular weight excluding hydrogens is 341 g/mol. The van der Waals surface area contributed by atoms with Gasteiger partial charge in [-0.05, 0) is 74.3 Å². The van der Waals surface area contributed by atoms with E-state index in [1.165, 1.54) is 24.1 Å². The molecule has 1 N–H and O–H groups in total. The molecule has 0 unspecified atom stereocenters. The van der Waals surface area contributed by atoms with E-state index >= 15 is 0 Å². The lowest BCUT2D eigenvalue weighted by Gasteiger charge is -2.32. The van der Waals surface area contributed by atoms with Crippen molar-refractivity contribution in [3.63, 3.8) is 0 Å². The molecule has 0 saturated heterocycles. The van der Waals surface area contributed by atoms with Crippen molar-refractivity contribution in [2.75, 3.05) is 19.6 Å². The Kier molecular flexibility index (Phi) is 7.00. The van der Waals surface area contributed by atoms with Crippen molar-refractivity contribution in [2.45, 2.75) is 51.0 Å². The van der Waals surface area contributed by atoms with Crippen molar-refractivity contribution < 1.29 is 9.18 Å². The van der Waals surface area contributed by atoms with Crippen LogP contribution in [0.2, 0.25) is 0 Å². The minimum atomic E-state index is -0.184. The Labute approximate surface area is 161 Å². The average Bonchev–Trinajstić information content (AvgIpc) is 2.69. The molecule has 27 heavy (non-hydrogen) atoms. The van der Waals surface area contributed by atoms with E-state index in [1.807, 2.05) is 18.2 Å². The standard InChI is InChI=1S/C22H28FN3O/c23-20-5-3-18(4-6-20)19-11-15-26(16-12-19)14-10-17-1-7-21(8-2-17)25-22(27)9-13-24/h3-6,11,17,21H,1-2,7-10,12,14-16H2,(H,25,27)/t17-,21-. The first kappa shape index (κ1) is 19.6. The number of benzene rings is 1. The number of nitrogens with one attached hydrogen (secondary N) is 1. The van der Waals surface area contributed by atoms with Gasteiger partial charge in [-0.3, -0.25) is 9.69 Å². The number of nitriles is 1. The molecular formula is C22H28FN3O. The van der Waals surface area contributed by atoms with Crippen molar-refractivity contribution in [3.05, 3.63) is 41.7 Å². The van der Waals surface area contributed by atoms with Crippen LogP contribution in [0.5, 0.6) is 0 Å². The highest BCUT2D eigenvalue weighted by Crippen LogP contribution is 2.28. The topological polar surface area (TPSA) is 56.1 Å². The molecule has 4 nitrogen and oxygen atoms in total. The van der Waals surface area contributed by atoms with Crippen LogP contribution in [0.1, 0.15) is 50.5 Å². The fourth-order valence-electron chi connectivity index (χ4n) is 4.15. The lowest BCUT2D eigenvalue weighted by atomic mass is 9.84. The van der Waals surface area contributed by atoms with Gasteiger partial charge < -0.3 is 5.32 Å². The minimum absolute atomic E-state index is 0.0394. The summed E-state index contributed by atoms with van der Waals surface area (Å²) in [4.78, 5) is 14.0. The van der Waals surface area contributed by atoms with Gasteiger partial charge in [0.25, 0.3) is 0 Å². The summed E-state index contributed by atoms with van der Waals surface area (Å²) in [6, 6.07) is 8.94. The summed E-state index contributed by atoms with van der Waals surface area (Å²) in [6.45, 7) is 3.14. The number of halogens is 1. The van der Waals surface area contributed by atoms with Crippen LogP contribution < -0.4 is 5.32 Å². The Hall–Kier alpha value is -2.19. The van der Waals surface area contributed by atoms with Gasteiger partial charge in [0, 0.05) is 19.1 Å². The Balaban J connectivity index is 1.36. The summed E-state index contributed by atoms with van der Waals surface area (Å²) in [5.74, 6) is 0.408. The first-order valence-electron chi connectivity index (χ1n) is 9.97. The summed E-state index contributed by atoms with van der Waals surface area (Å²) in [6.07, 6.45) is 8.82. The molecule has 1 fully saturated rings. The molecule has 1 aromatic carbocycles. The average molecular weight is 369 g/mol. The third-order valence-corrected chi connectivity index (χ3v) is 5.81. The lowest BCUT2D eigenvalue weighted by Crippen LogP contribution is -2.38. The predicted molar refractivity (Wildman–Crippen MR) is 104 cm³/mol. The third-order valence-electron chi connectivity index (χ3n) is 5.81. The van der Waals surface area contributed by atoms with Crippen LogP contribution in [-0.2, 0) is 4.79 Å². The molecule has 3 rings (SSSR count). The second-order valence-electron chi connectivity index (χ2n) is 7.70. The van der Waals surface area contributed by atoms with Crippen LogP contribution in [0, 0.1) is 23.1 Å². The molecule has 0 radical (unpaired) electrons. The highest BCUT2D eigenvalue weighted by atomic mass is 19.1. The monoisotopic (exact) mass is 369 g/mol. The molecule has 144 valence electrons. The van der Waals surface area contributed by atoms with Crippen LogP contribution in [0.15, 0.2) is 30.3 Å². The molecule has 1 aliphatic heterocycles. The number of amides is 1. The summed E-state index contributed by atoms with van der Waals surface area (Å²) in [7, 11) is 0. The molecule has 0 aromatic heterocycles. The second kappa shape index (κ2) is 9.66. The van der Waals surface area contributed by atoms with Crippen molar-refractivity contribution in [3.8, 4) is 6.07 Å². The van der Waals surface area contributed by atoms with Gasteiger partial charge in [-0.25, -0.2) is 4.39 Å². The van der Waals surface area contributed by atoms with Gasteiger partial charge in [0.1, 0.15) is 12.2 Å². The predicted octanol–water partition coefficient (Wildman–Crippen LogP) is 3.89. The van der Waals surface area contributed by atoms with Crippen molar-refractivity contribution in [1.82, 2.24) is 10.2 Å². The van der Waals surface area contributed by atoms with E-state index in [-0.39, 0.29) is 24.2 Å². The zero-order valence-corrected chi connectivity index (χ0v) is 15.8. The highest BCUT2D eigenvalue weighted by molar-refractivity contribution is 5.78. The summed E-state index contributed by atoms with van der Waals surface area (Å²) < 4.78 is 13.1. The quantitative estimate of drug-likeness (QED) is 0.827. The molecule has 0 spiro atoms. The minimum Gasteiger partial charge on any atom is -0.352 e. The van der Waals surface area contributed by atoms with E-state index in [2.05, 4.69) is 16.3 Å². The maximum atomic E-state index is 13.1. The van der Waals surface area contributed by atoms with Gasteiger partial charge in [0.2, 0.25) is 5.91 Å². The third kappa shape index (κ3) is 5.90. The Morgan fingerprint density at radius 1 is 1.22 bits per heavy atom. The van der Waals surface area contributed by atoms with Crippen LogP contribution in [-0.4, -0.2) is 36.5 Å². The van der Waals surface area contributed by atoms with Crippen molar-refractivity contribution in [1.29, 1.82) is 5.26 Å². The molecule has 5 heteroatoms. The first-order chi connectivity index (χ1) is 13.1. The Bertz CT molecular complexity index is 699. The summed E-state index contributed by atoms with van der Waals surface area (Å²) in [5, 5.41) is 11.5. The first-order valence-corrected chi connectivity index (χ1v) is 9.97. The molecule has 0 atom stereocenters. The Morgan fingerprint density at radius 3 is 2.59 bits per heavy atom. The van der Waals surface area contributed by atoms with Gasteiger partial charge in [-0.1, -0.05) is 18.2 Å². The van der Waals surface area contributed by atoms with Crippen LogP contribution in [0.4, 0.5) is 4.39 Å². The van der Waals surface area contributed by atoms with Gasteiger partial charge in [-0.2, -0.15) is 5.26 Å². The van der Waals surface area contributed by atoms with Gasteiger partial charge in [0.15, 0.2) is 0 Å². The number of carbonyl (C=O) groups is 1. The number of carbonyl (C=O) groups excluding carboxylic acids is 1. The lowest BCUT2D eigenvalue weighted by molar-refractivity contribution is -0.121. The molecule has 2 aliphatic rings. The van der Waals surface area contributed by atoms with E-state index in [0.717, 1.165) is 63.2 Å². The normalized spacial score (nSPS) is 23.3. The molecule has 1 heterocycles. The summed E-state index contributed by atoms with van der Waals surface area (Å²) >= 11 is 0. The van der Waals surface area contributed by atoms with Crippen LogP contribution in [0.3, 0.4) is 0 Å². The zero-order valence-electron chi connectivity index (χ0n) is 15.8. The van der Waals surface area contributed by atoms with Gasteiger partial charge in [0.05, 0.1) is 6.07 Å².